The Morgan fingerprint density at radius 2 is 1.88 bits per heavy atom. The van der Waals surface area contributed by atoms with Gasteiger partial charge in [0.15, 0.2) is 0 Å². The highest BCUT2D eigenvalue weighted by atomic mass is 16.3. The molecule has 0 radical (unpaired) electrons. The maximum atomic E-state index is 12.6. The van der Waals surface area contributed by atoms with Gasteiger partial charge in [-0.2, -0.15) is 0 Å². The molecule has 132 valence electrons. The van der Waals surface area contributed by atoms with E-state index in [-0.39, 0.29) is 17.2 Å². The minimum atomic E-state index is -0.157. The number of aromatic hydroxyl groups is 1. The Hall–Kier alpha value is -3.21. The molecule has 0 aliphatic carbocycles. The molecule has 0 fully saturated rings. The Labute approximate surface area is 150 Å². The normalized spacial score (nSPS) is 11.5. The molecule has 0 atom stereocenters. The van der Waals surface area contributed by atoms with Crippen molar-refractivity contribution >= 4 is 10.9 Å². The number of phenolic OH excluding ortho intramolecular Hbond substituents is 1. The molecule has 4 rings (SSSR count). The number of H-pyrrole nitrogens is 2. The fraction of sp³-hybridized carbons (Fsp3) is 0.190. The van der Waals surface area contributed by atoms with Gasteiger partial charge in [0.1, 0.15) is 5.75 Å². The Balaban J connectivity index is 1.97. The number of benzene rings is 2. The largest absolute Gasteiger partial charge is 0.508 e. The summed E-state index contributed by atoms with van der Waals surface area (Å²) in [6.45, 7) is 4.06. The van der Waals surface area contributed by atoms with Crippen LogP contribution in [-0.4, -0.2) is 19.9 Å². The maximum absolute atomic E-state index is 12.6. The van der Waals surface area contributed by atoms with E-state index >= 15 is 0 Å². The standard InChI is InChI=1S/C21H21N3O2/c1-12(2)16-11-13(7-8-18(16)25)20-19(21(26)23-22-20)15-5-4-6-17-14(15)9-10-24(17)3/h4-12,25H,1-3H3,(H2,22,23,26). The van der Waals surface area contributed by atoms with E-state index in [1.165, 1.54) is 0 Å². The number of rotatable bonds is 3. The molecule has 2 heterocycles. The van der Waals surface area contributed by atoms with E-state index in [1.54, 1.807) is 6.07 Å². The lowest BCUT2D eigenvalue weighted by atomic mass is 9.95. The molecule has 0 bridgehead atoms. The number of aryl methyl sites for hydroxylation is 1. The molecule has 26 heavy (non-hydrogen) atoms. The van der Waals surface area contributed by atoms with Crippen LogP contribution in [0.3, 0.4) is 0 Å². The first-order chi connectivity index (χ1) is 12.5. The van der Waals surface area contributed by atoms with Crippen LogP contribution in [0.5, 0.6) is 5.75 Å². The minimum absolute atomic E-state index is 0.157. The third kappa shape index (κ3) is 2.44. The third-order valence-corrected chi connectivity index (χ3v) is 4.91. The predicted octanol–water partition coefficient (Wildman–Crippen LogP) is 4.36. The highest BCUT2D eigenvalue weighted by Crippen LogP contribution is 2.35. The van der Waals surface area contributed by atoms with Crippen molar-refractivity contribution < 1.29 is 5.11 Å². The second-order valence-corrected chi connectivity index (χ2v) is 6.92. The predicted molar refractivity (Wildman–Crippen MR) is 105 cm³/mol. The summed E-state index contributed by atoms with van der Waals surface area (Å²) in [5.74, 6) is 0.454. The van der Waals surface area contributed by atoms with E-state index in [9.17, 15) is 9.90 Å². The van der Waals surface area contributed by atoms with Gasteiger partial charge in [-0.15, -0.1) is 0 Å². The van der Waals surface area contributed by atoms with Crippen LogP contribution in [0.2, 0.25) is 0 Å². The van der Waals surface area contributed by atoms with Gasteiger partial charge in [0.05, 0.1) is 11.3 Å². The SMILES string of the molecule is CC(C)c1cc(-c2[nH][nH]c(=O)c2-c2cccc3c2ccn3C)ccc1O. The Bertz CT molecular complexity index is 1160. The van der Waals surface area contributed by atoms with Gasteiger partial charge < -0.3 is 9.67 Å². The second-order valence-electron chi connectivity index (χ2n) is 6.92. The number of fused-ring (bicyclic) bond motifs is 1. The third-order valence-electron chi connectivity index (χ3n) is 4.91. The molecule has 0 amide bonds. The molecule has 0 unspecified atom stereocenters. The fourth-order valence-corrected chi connectivity index (χ4v) is 3.52. The summed E-state index contributed by atoms with van der Waals surface area (Å²) in [5, 5.41) is 16.9. The van der Waals surface area contributed by atoms with Gasteiger partial charge in [-0.3, -0.25) is 15.0 Å². The molecular weight excluding hydrogens is 326 g/mol. The van der Waals surface area contributed by atoms with Crippen LogP contribution in [0.4, 0.5) is 0 Å². The van der Waals surface area contributed by atoms with Gasteiger partial charge in [0.2, 0.25) is 0 Å². The van der Waals surface area contributed by atoms with Crippen molar-refractivity contribution in [2.24, 2.45) is 7.05 Å². The van der Waals surface area contributed by atoms with Gasteiger partial charge in [0, 0.05) is 29.7 Å². The molecule has 5 heteroatoms. The van der Waals surface area contributed by atoms with E-state index in [2.05, 4.69) is 10.2 Å². The molecule has 2 aromatic heterocycles. The topological polar surface area (TPSA) is 73.8 Å². The monoisotopic (exact) mass is 347 g/mol. The molecule has 0 saturated carbocycles. The van der Waals surface area contributed by atoms with Crippen molar-refractivity contribution in [1.82, 2.24) is 14.8 Å². The highest BCUT2D eigenvalue weighted by Gasteiger charge is 2.18. The van der Waals surface area contributed by atoms with Crippen LogP contribution in [0.15, 0.2) is 53.5 Å². The number of nitrogens with one attached hydrogen (secondary N) is 2. The first-order valence-electron chi connectivity index (χ1n) is 8.65. The zero-order chi connectivity index (χ0) is 18.4. The summed E-state index contributed by atoms with van der Waals surface area (Å²) >= 11 is 0. The van der Waals surface area contributed by atoms with Crippen molar-refractivity contribution in [2.45, 2.75) is 19.8 Å². The van der Waals surface area contributed by atoms with E-state index in [1.807, 2.05) is 68.1 Å². The summed E-state index contributed by atoms with van der Waals surface area (Å²) in [6, 6.07) is 13.4. The number of nitrogens with zero attached hydrogens (tertiary/aromatic N) is 1. The number of phenols is 1. The lowest BCUT2D eigenvalue weighted by Crippen LogP contribution is -2.02. The van der Waals surface area contributed by atoms with Crippen molar-refractivity contribution in [1.29, 1.82) is 0 Å². The van der Waals surface area contributed by atoms with Crippen molar-refractivity contribution in [2.75, 3.05) is 0 Å². The van der Waals surface area contributed by atoms with Crippen LogP contribution < -0.4 is 5.56 Å². The first kappa shape index (κ1) is 16.3. The van der Waals surface area contributed by atoms with Gasteiger partial charge in [-0.05, 0) is 47.4 Å². The summed E-state index contributed by atoms with van der Waals surface area (Å²) in [6.07, 6.45) is 1.99. The minimum Gasteiger partial charge on any atom is -0.508 e. The average Bonchev–Trinajstić information content (AvgIpc) is 3.18. The molecule has 3 N–H and O–H groups in total. The van der Waals surface area contributed by atoms with E-state index in [4.69, 9.17) is 0 Å². The summed E-state index contributed by atoms with van der Waals surface area (Å²) < 4.78 is 2.04. The second kappa shape index (κ2) is 5.95. The quantitative estimate of drug-likeness (QED) is 0.515. The molecule has 0 spiro atoms. The summed E-state index contributed by atoms with van der Waals surface area (Å²) in [4.78, 5) is 12.6. The average molecular weight is 347 g/mol. The fourth-order valence-electron chi connectivity index (χ4n) is 3.52. The Morgan fingerprint density at radius 3 is 2.65 bits per heavy atom. The van der Waals surface area contributed by atoms with Crippen molar-refractivity contribution in [3.8, 4) is 28.1 Å². The molecule has 0 saturated heterocycles. The maximum Gasteiger partial charge on any atom is 0.272 e. The summed E-state index contributed by atoms with van der Waals surface area (Å²) in [5.41, 5.74) is 4.87. The zero-order valence-corrected chi connectivity index (χ0v) is 15.0. The lowest BCUT2D eigenvalue weighted by Gasteiger charge is -2.11. The molecule has 0 aliphatic rings. The number of hydrogen-bond donors (Lipinski definition) is 3. The van der Waals surface area contributed by atoms with Crippen molar-refractivity contribution in [3.63, 3.8) is 0 Å². The number of aromatic amines is 2. The molecule has 2 aromatic carbocycles. The van der Waals surface area contributed by atoms with Gasteiger partial charge in [-0.25, -0.2) is 0 Å². The van der Waals surface area contributed by atoms with E-state index in [0.717, 1.165) is 33.3 Å². The molecule has 4 aromatic rings. The number of hydrogen-bond acceptors (Lipinski definition) is 2. The van der Waals surface area contributed by atoms with Crippen LogP contribution in [0.1, 0.15) is 25.3 Å². The lowest BCUT2D eigenvalue weighted by molar-refractivity contribution is 0.465. The van der Waals surface area contributed by atoms with Gasteiger partial charge in [-0.1, -0.05) is 26.0 Å². The van der Waals surface area contributed by atoms with Crippen molar-refractivity contribution in [3.05, 3.63) is 64.6 Å². The molecule has 0 aliphatic heterocycles. The van der Waals surface area contributed by atoms with Crippen LogP contribution >= 0.6 is 0 Å². The van der Waals surface area contributed by atoms with Crippen LogP contribution in [0, 0.1) is 0 Å². The van der Waals surface area contributed by atoms with Gasteiger partial charge in [0.25, 0.3) is 5.56 Å². The molecular formula is C21H21N3O2. The molecule has 5 nitrogen and oxygen atoms in total. The zero-order valence-electron chi connectivity index (χ0n) is 15.0. The van der Waals surface area contributed by atoms with Crippen LogP contribution in [0.25, 0.3) is 33.3 Å². The van der Waals surface area contributed by atoms with E-state index in [0.29, 0.717) is 5.56 Å². The van der Waals surface area contributed by atoms with Crippen LogP contribution in [-0.2, 0) is 7.05 Å². The smallest absolute Gasteiger partial charge is 0.272 e. The summed E-state index contributed by atoms with van der Waals surface area (Å²) in [7, 11) is 1.99. The first-order valence-corrected chi connectivity index (χ1v) is 8.65. The van der Waals surface area contributed by atoms with E-state index < -0.39 is 0 Å². The Kier molecular flexibility index (Phi) is 3.72. The van der Waals surface area contributed by atoms with Gasteiger partial charge >= 0.3 is 0 Å². The highest BCUT2D eigenvalue weighted by molar-refractivity contribution is 5.98. The Morgan fingerprint density at radius 1 is 1.08 bits per heavy atom. The number of aromatic nitrogens is 3.